The van der Waals surface area contributed by atoms with Gasteiger partial charge in [0.1, 0.15) is 13.1 Å². The Morgan fingerprint density at radius 1 is 1.17 bits per heavy atom. The summed E-state index contributed by atoms with van der Waals surface area (Å²) in [5.74, 6) is -1.53. The molecule has 0 unspecified atom stereocenters. The monoisotopic (exact) mass is 329 g/mol. The van der Waals surface area contributed by atoms with Crippen molar-refractivity contribution in [3.8, 4) is 11.3 Å². The minimum Gasteiger partial charge on any atom is -0.480 e. The third-order valence-corrected chi connectivity index (χ3v) is 3.39. The predicted molar refractivity (Wildman–Crippen MR) is 88.4 cm³/mol. The number of hydrogen-bond donors (Lipinski definition) is 1. The van der Waals surface area contributed by atoms with Crippen molar-refractivity contribution in [1.82, 2.24) is 14.7 Å². The molecular weight excluding hydrogens is 310 g/mol. The molecule has 0 spiro atoms. The van der Waals surface area contributed by atoms with Gasteiger partial charge in [-0.15, -0.1) is 0 Å². The van der Waals surface area contributed by atoms with Gasteiger partial charge in [0, 0.05) is 18.2 Å². The van der Waals surface area contributed by atoms with E-state index in [0.29, 0.717) is 18.7 Å². The van der Waals surface area contributed by atoms with E-state index in [4.69, 9.17) is 5.11 Å². The normalized spacial score (nSPS) is 10.4. The molecule has 1 N–H and O–H groups in total. The lowest BCUT2D eigenvalue weighted by molar-refractivity contribution is -0.144. The molecule has 0 aliphatic rings. The van der Waals surface area contributed by atoms with Gasteiger partial charge in [-0.25, -0.2) is 4.68 Å². The van der Waals surface area contributed by atoms with E-state index < -0.39 is 17.4 Å². The Balaban J connectivity index is 2.23. The lowest BCUT2D eigenvalue weighted by atomic mass is 10.1. The minimum absolute atomic E-state index is 0.285. The summed E-state index contributed by atoms with van der Waals surface area (Å²) in [6.45, 7) is 1.49. The summed E-state index contributed by atoms with van der Waals surface area (Å²) in [5.41, 5.74) is 0.993. The molecule has 2 aromatic rings. The maximum absolute atomic E-state index is 12.3. The van der Waals surface area contributed by atoms with Crippen LogP contribution >= 0.6 is 0 Å². The zero-order valence-corrected chi connectivity index (χ0v) is 13.4. The van der Waals surface area contributed by atoms with Gasteiger partial charge in [0.05, 0.1) is 5.69 Å². The third-order valence-electron chi connectivity index (χ3n) is 3.39. The molecule has 0 fully saturated rings. The van der Waals surface area contributed by atoms with E-state index in [1.807, 2.05) is 37.3 Å². The molecule has 0 saturated heterocycles. The van der Waals surface area contributed by atoms with Crippen LogP contribution in [-0.4, -0.2) is 44.8 Å². The summed E-state index contributed by atoms with van der Waals surface area (Å²) in [6, 6.07) is 12.2. The van der Waals surface area contributed by atoms with Crippen molar-refractivity contribution in [2.75, 3.05) is 13.1 Å². The maximum atomic E-state index is 12.3. The zero-order chi connectivity index (χ0) is 17.5. The zero-order valence-electron chi connectivity index (χ0n) is 13.4. The predicted octanol–water partition coefficient (Wildman–Crippen LogP) is 1.23. The van der Waals surface area contributed by atoms with Crippen molar-refractivity contribution in [3.05, 3.63) is 52.8 Å². The molecule has 7 heteroatoms. The first-order valence-corrected chi connectivity index (χ1v) is 7.64. The highest BCUT2D eigenvalue weighted by Crippen LogP contribution is 2.13. The van der Waals surface area contributed by atoms with E-state index in [2.05, 4.69) is 5.10 Å². The lowest BCUT2D eigenvalue weighted by Crippen LogP contribution is -2.40. The van der Waals surface area contributed by atoms with E-state index in [0.717, 1.165) is 10.2 Å². The summed E-state index contributed by atoms with van der Waals surface area (Å²) >= 11 is 0. The first-order valence-electron chi connectivity index (χ1n) is 7.64. The number of carbonyl (C=O) groups excluding carboxylic acids is 1. The standard InChI is InChI=1S/C17H19N3O4/c1-2-10-19(12-17(23)24)16(22)11-20-15(21)9-8-14(18-20)13-6-4-3-5-7-13/h3-9H,2,10-12H2,1H3,(H,23,24). The highest BCUT2D eigenvalue weighted by atomic mass is 16.4. The molecule has 0 aliphatic heterocycles. The number of aromatic nitrogens is 2. The number of amides is 1. The Labute approximate surface area is 139 Å². The van der Waals surface area contributed by atoms with Crippen LogP contribution < -0.4 is 5.56 Å². The minimum atomic E-state index is -1.09. The number of benzene rings is 1. The topological polar surface area (TPSA) is 92.5 Å². The summed E-state index contributed by atoms with van der Waals surface area (Å²) in [5, 5.41) is 13.1. The molecule has 1 aromatic carbocycles. The van der Waals surface area contributed by atoms with Gasteiger partial charge in [0.2, 0.25) is 5.91 Å². The van der Waals surface area contributed by atoms with Crippen molar-refractivity contribution in [2.45, 2.75) is 19.9 Å². The average molecular weight is 329 g/mol. The fourth-order valence-corrected chi connectivity index (χ4v) is 2.28. The van der Waals surface area contributed by atoms with E-state index in [1.165, 1.54) is 11.0 Å². The summed E-state index contributed by atoms with van der Waals surface area (Å²) in [6.07, 6.45) is 0.630. The van der Waals surface area contributed by atoms with Crippen LogP contribution in [0.2, 0.25) is 0 Å². The molecule has 0 aliphatic carbocycles. The molecule has 0 bridgehead atoms. The summed E-state index contributed by atoms with van der Waals surface area (Å²) in [7, 11) is 0. The number of carboxylic acids is 1. The Morgan fingerprint density at radius 3 is 2.50 bits per heavy atom. The van der Waals surface area contributed by atoms with Gasteiger partial charge in [-0.1, -0.05) is 37.3 Å². The Bertz CT molecular complexity index is 771. The second kappa shape index (κ2) is 8.05. The number of nitrogens with zero attached hydrogens (tertiary/aromatic N) is 3. The van der Waals surface area contributed by atoms with Gasteiger partial charge in [-0.2, -0.15) is 5.10 Å². The highest BCUT2D eigenvalue weighted by Gasteiger charge is 2.17. The van der Waals surface area contributed by atoms with Gasteiger partial charge < -0.3 is 10.0 Å². The van der Waals surface area contributed by atoms with Gasteiger partial charge >= 0.3 is 5.97 Å². The molecule has 2 rings (SSSR count). The quantitative estimate of drug-likeness (QED) is 0.825. The SMILES string of the molecule is CCCN(CC(=O)O)C(=O)Cn1nc(-c2ccccc2)ccc1=O. The van der Waals surface area contributed by atoms with E-state index in [1.54, 1.807) is 6.07 Å². The number of aliphatic carboxylic acids is 1. The third kappa shape index (κ3) is 4.52. The summed E-state index contributed by atoms with van der Waals surface area (Å²) in [4.78, 5) is 36.3. The number of carboxylic acid groups (broad SMARTS) is 1. The van der Waals surface area contributed by atoms with Crippen LogP contribution in [0.1, 0.15) is 13.3 Å². The first kappa shape index (κ1) is 17.4. The number of carbonyl (C=O) groups is 2. The van der Waals surface area contributed by atoms with Crippen molar-refractivity contribution in [1.29, 1.82) is 0 Å². The fourth-order valence-electron chi connectivity index (χ4n) is 2.28. The Hall–Kier alpha value is -2.96. The molecular formula is C17H19N3O4. The van der Waals surface area contributed by atoms with Gasteiger partial charge in [0.15, 0.2) is 0 Å². The van der Waals surface area contributed by atoms with E-state index >= 15 is 0 Å². The smallest absolute Gasteiger partial charge is 0.323 e. The van der Waals surface area contributed by atoms with Crippen LogP contribution in [0.3, 0.4) is 0 Å². The van der Waals surface area contributed by atoms with Crippen molar-refractivity contribution >= 4 is 11.9 Å². The molecule has 0 atom stereocenters. The lowest BCUT2D eigenvalue weighted by Gasteiger charge is -2.20. The van der Waals surface area contributed by atoms with Crippen LogP contribution in [-0.2, 0) is 16.1 Å². The van der Waals surface area contributed by atoms with Crippen molar-refractivity contribution < 1.29 is 14.7 Å². The molecule has 0 saturated carbocycles. The van der Waals surface area contributed by atoms with E-state index in [9.17, 15) is 14.4 Å². The molecule has 24 heavy (non-hydrogen) atoms. The molecule has 0 radical (unpaired) electrons. The Morgan fingerprint density at radius 2 is 1.88 bits per heavy atom. The van der Waals surface area contributed by atoms with Crippen LogP contribution in [0.15, 0.2) is 47.3 Å². The molecule has 1 aromatic heterocycles. The average Bonchev–Trinajstić information content (AvgIpc) is 2.57. The van der Waals surface area contributed by atoms with Gasteiger partial charge in [0.25, 0.3) is 5.56 Å². The first-order chi connectivity index (χ1) is 11.5. The second-order valence-corrected chi connectivity index (χ2v) is 5.29. The van der Waals surface area contributed by atoms with Crippen molar-refractivity contribution in [3.63, 3.8) is 0 Å². The maximum Gasteiger partial charge on any atom is 0.323 e. The molecule has 126 valence electrons. The second-order valence-electron chi connectivity index (χ2n) is 5.29. The van der Waals surface area contributed by atoms with Crippen LogP contribution in [0.4, 0.5) is 0 Å². The fraction of sp³-hybridized carbons (Fsp3) is 0.294. The van der Waals surface area contributed by atoms with Gasteiger partial charge in [-0.3, -0.25) is 14.4 Å². The number of hydrogen-bond acceptors (Lipinski definition) is 4. The largest absolute Gasteiger partial charge is 0.480 e. The van der Waals surface area contributed by atoms with Crippen LogP contribution in [0.5, 0.6) is 0 Å². The van der Waals surface area contributed by atoms with Crippen molar-refractivity contribution in [2.24, 2.45) is 0 Å². The van der Waals surface area contributed by atoms with E-state index in [-0.39, 0.29) is 13.1 Å². The highest BCUT2D eigenvalue weighted by molar-refractivity contribution is 5.81. The summed E-state index contributed by atoms with van der Waals surface area (Å²) < 4.78 is 1.06. The van der Waals surface area contributed by atoms with Gasteiger partial charge in [-0.05, 0) is 12.5 Å². The molecule has 1 amide bonds. The Kier molecular flexibility index (Phi) is 5.83. The van der Waals surface area contributed by atoms with Crippen LogP contribution in [0, 0.1) is 0 Å². The van der Waals surface area contributed by atoms with Crippen LogP contribution in [0.25, 0.3) is 11.3 Å². The molecule has 1 heterocycles. The number of rotatable bonds is 7. The molecule has 7 nitrogen and oxygen atoms in total.